The molecule has 0 bridgehead atoms. The van der Waals surface area contributed by atoms with Crippen molar-refractivity contribution in [3.05, 3.63) is 29.3 Å². The molecule has 1 aromatic rings. The van der Waals surface area contributed by atoms with E-state index in [4.69, 9.17) is 5.26 Å². The van der Waals surface area contributed by atoms with Crippen LogP contribution in [-0.2, 0) is 6.18 Å². The minimum absolute atomic E-state index is 0.0159. The molecule has 0 aromatic heterocycles. The maximum Gasteiger partial charge on any atom is 0.417 e. The maximum absolute atomic E-state index is 12.9. The van der Waals surface area contributed by atoms with Gasteiger partial charge in [-0.1, -0.05) is 0 Å². The van der Waals surface area contributed by atoms with Crippen LogP contribution in [0.15, 0.2) is 18.2 Å². The largest absolute Gasteiger partial charge is 0.417 e. The Morgan fingerprint density at radius 3 is 2.39 bits per heavy atom. The third-order valence-electron chi connectivity index (χ3n) is 3.76. The average Bonchev–Trinajstić information content (AvgIpc) is 2.93. The smallest absolute Gasteiger partial charge is 0.382 e. The number of rotatable bonds is 2. The van der Waals surface area contributed by atoms with Crippen molar-refractivity contribution in [1.29, 1.82) is 5.26 Å². The number of nitriles is 1. The lowest BCUT2D eigenvalue weighted by Crippen LogP contribution is -2.47. The summed E-state index contributed by atoms with van der Waals surface area (Å²) in [5.74, 6) is 0. The minimum Gasteiger partial charge on any atom is -0.382 e. The lowest BCUT2D eigenvalue weighted by atomic mass is 10.0. The quantitative estimate of drug-likeness (QED) is 0.840. The first-order valence-electron chi connectivity index (χ1n) is 6.68. The molecule has 2 rings (SSSR count). The average molecular weight is 338 g/mol. The molecular formula is C14H12F6N2O. The molecule has 1 aromatic carbocycles. The second-order valence-corrected chi connectivity index (χ2v) is 5.23. The van der Waals surface area contributed by atoms with Crippen LogP contribution < -0.4 is 4.90 Å². The summed E-state index contributed by atoms with van der Waals surface area (Å²) < 4.78 is 76.9. The van der Waals surface area contributed by atoms with Crippen molar-refractivity contribution >= 4 is 5.69 Å². The van der Waals surface area contributed by atoms with Crippen LogP contribution in [-0.4, -0.2) is 30.0 Å². The van der Waals surface area contributed by atoms with E-state index >= 15 is 0 Å². The summed E-state index contributed by atoms with van der Waals surface area (Å²) >= 11 is 0. The van der Waals surface area contributed by atoms with E-state index in [0.29, 0.717) is 12.5 Å². The van der Waals surface area contributed by atoms with Crippen LogP contribution in [0.3, 0.4) is 0 Å². The molecule has 0 radical (unpaired) electrons. The molecule has 1 saturated heterocycles. The van der Waals surface area contributed by atoms with Gasteiger partial charge < -0.3 is 10.0 Å². The van der Waals surface area contributed by atoms with Crippen LogP contribution in [0, 0.1) is 11.3 Å². The highest BCUT2D eigenvalue weighted by atomic mass is 19.4. The standard InChI is InChI=1S/C14H12F6N2O/c15-13(16,17)10-6-9(4-3-8(10)7-21)22-5-1-2-11(22)12(23)14(18,19)20/h3-4,6,11-12,23H,1-2,5H2/t11-,12-/m0/s1. The van der Waals surface area contributed by atoms with E-state index in [1.165, 1.54) is 6.07 Å². The number of aliphatic hydroxyl groups excluding tert-OH is 1. The van der Waals surface area contributed by atoms with Gasteiger partial charge >= 0.3 is 12.4 Å². The fourth-order valence-electron chi connectivity index (χ4n) is 2.70. The van der Waals surface area contributed by atoms with Crippen molar-refractivity contribution in [2.24, 2.45) is 0 Å². The molecule has 0 spiro atoms. The van der Waals surface area contributed by atoms with E-state index in [2.05, 4.69) is 0 Å². The van der Waals surface area contributed by atoms with Crippen LogP contribution >= 0.6 is 0 Å². The molecule has 0 unspecified atom stereocenters. The van der Waals surface area contributed by atoms with E-state index in [9.17, 15) is 31.4 Å². The van der Waals surface area contributed by atoms with Gasteiger partial charge in [0.25, 0.3) is 0 Å². The summed E-state index contributed by atoms with van der Waals surface area (Å²) in [7, 11) is 0. The Morgan fingerprint density at radius 2 is 1.87 bits per heavy atom. The van der Waals surface area contributed by atoms with Gasteiger partial charge in [-0.15, -0.1) is 0 Å². The first kappa shape index (κ1) is 17.4. The fraction of sp³-hybridized carbons (Fsp3) is 0.500. The Morgan fingerprint density at radius 1 is 1.22 bits per heavy atom. The number of benzene rings is 1. The summed E-state index contributed by atoms with van der Waals surface area (Å²) in [5.41, 5.74) is -1.90. The van der Waals surface area contributed by atoms with Gasteiger partial charge in [0.05, 0.1) is 23.2 Å². The first-order valence-corrected chi connectivity index (χ1v) is 6.68. The van der Waals surface area contributed by atoms with Crippen LogP contribution in [0.1, 0.15) is 24.0 Å². The molecule has 0 aliphatic carbocycles. The first-order chi connectivity index (χ1) is 10.6. The number of halogens is 6. The monoisotopic (exact) mass is 338 g/mol. The van der Waals surface area contributed by atoms with Crippen molar-refractivity contribution in [2.75, 3.05) is 11.4 Å². The van der Waals surface area contributed by atoms with E-state index in [0.717, 1.165) is 17.0 Å². The van der Waals surface area contributed by atoms with Crippen molar-refractivity contribution in [2.45, 2.75) is 37.3 Å². The second kappa shape index (κ2) is 5.92. The Hall–Kier alpha value is -1.95. The fourth-order valence-corrected chi connectivity index (χ4v) is 2.70. The number of aliphatic hydroxyl groups is 1. The summed E-state index contributed by atoms with van der Waals surface area (Å²) in [5, 5.41) is 18.1. The van der Waals surface area contributed by atoms with Crippen LogP contribution in [0.4, 0.5) is 32.0 Å². The highest BCUT2D eigenvalue weighted by molar-refractivity contribution is 5.56. The highest BCUT2D eigenvalue weighted by Gasteiger charge is 2.47. The van der Waals surface area contributed by atoms with Crippen LogP contribution in [0.5, 0.6) is 0 Å². The molecule has 1 aliphatic rings. The molecule has 1 N–H and O–H groups in total. The zero-order valence-corrected chi connectivity index (χ0v) is 11.6. The molecule has 2 atom stereocenters. The number of alkyl halides is 6. The molecule has 0 amide bonds. The number of nitrogens with zero attached hydrogens (tertiary/aromatic N) is 2. The van der Waals surface area contributed by atoms with Crippen LogP contribution in [0.2, 0.25) is 0 Å². The van der Waals surface area contributed by atoms with Gasteiger partial charge in [0.1, 0.15) is 0 Å². The number of anilines is 1. The topological polar surface area (TPSA) is 47.3 Å². The summed E-state index contributed by atoms with van der Waals surface area (Å²) in [4.78, 5) is 1.11. The Labute approximate surface area is 127 Å². The molecule has 3 nitrogen and oxygen atoms in total. The Balaban J connectivity index is 2.40. The highest BCUT2D eigenvalue weighted by Crippen LogP contribution is 2.38. The molecule has 0 saturated carbocycles. The third kappa shape index (κ3) is 3.52. The SMILES string of the molecule is N#Cc1ccc(N2CCC[C@H]2[C@H](O)C(F)(F)F)cc1C(F)(F)F. The lowest BCUT2D eigenvalue weighted by Gasteiger charge is -2.31. The molecule has 1 fully saturated rings. The number of hydrogen-bond acceptors (Lipinski definition) is 3. The molecule has 9 heteroatoms. The predicted octanol–water partition coefficient (Wildman–Crippen LogP) is 3.47. The van der Waals surface area contributed by atoms with Gasteiger partial charge in [0, 0.05) is 12.2 Å². The Bertz CT molecular complexity index is 619. The second-order valence-electron chi connectivity index (χ2n) is 5.23. The third-order valence-corrected chi connectivity index (χ3v) is 3.76. The van der Waals surface area contributed by atoms with E-state index in [-0.39, 0.29) is 18.7 Å². The Kier molecular flexibility index (Phi) is 4.48. The van der Waals surface area contributed by atoms with E-state index < -0.39 is 35.6 Å². The summed E-state index contributed by atoms with van der Waals surface area (Å²) in [6.07, 6.45) is -12.0. The van der Waals surface area contributed by atoms with Gasteiger partial charge in [-0.2, -0.15) is 31.6 Å². The summed E-state index contributed by atoms with van der Waals surface area (Å²) in [6, 6.07) is 2.81. The lowest BCUT2D eigenvalue weighted by molar-refractivity contribution is -0.209. The zero-order chi connectivity index (χ0) is 17.4. The molecule has 1 heterocycles. The van der Waals surface area contributed by atoms with Crippen molar-refractivity contribution < 1.29 is 31.4 Å². The minimum atomic E-state index is -4.85. The van der Waals surface area contributed by atoms with Crippen molar-refractivity contribution in [3.8, 4) is 6.07 Å². The maximum atomic E-state index is 12.9. The van der Waals surface area contributed by atoms with E-state index in [1.54, 1.807) is 0 Å². The van der Waals surface area contributed by atoms with Crippen molar-refractivity contribution in [3.63, 3.8) is 0 Å². The molecule has 126 valence electrons. The zero-order valence-electron chi connectivity index (χ0n) is 11.6. The van der Waals surface area contributed by atoms with Gasteiger partial charge in [0.2, 0.25) is 0 Å². The summed E-state index contributed by atoms with van der Waals surface area (Å²) in [6.45, 7) is 0.0982. The number of hydrogen-bond donors (Lipinski definition) is 1. The van der Waals surface area contributed by atoms with Gasteiger partial charge in [0.15, 0.2) is 6.10 Å². The molecular weight excluding hydrogens is 326 g/mol. The molecule has 23 heavy (non-hydrogen) atoms. The van der Waals surface area contributed by atoms with E-state index in [1.807, 2.05) is 0 Å². The van der Waals surface area contributed by atoms with Crippen LogP contribution in [0.25, 0.3) is 0 Å². The predicted molar refractivity (Wildman–Crippen MR) is 68.6 cm³/mol. The normalized spacial score (nSPS) is 20.4. The van der Waals surface area contributed by atoms with Gasteiger partial charge in [-0.25, -0.2) is 0 Å². The van der Waals surface area contributed by atoms with Gasteiger partial charge in [-0.3, -0.25) is 0 Å². The molecule has 1 aliphatic heterocycles. The van der Waals surface area contributed by atoms with Crippen molar-refractivity contribution in [1.82, 2.24) is 0 Å². The van der Waals surface area contributed by atoms with Gasteiger partial charge in [-0.05, 0) is 31.0 Å².